The molecule has 0 amide bonds. The van der Waals surface area contributed by atoms with Crippen molar-refractivity contribution < 1.29 is 4.39 Å². The topological polar surface area (TPSA) is 34.4 Å². The number of benzene rings is 1. The number of rotatable bonds is 1. The van der Waals surface area contributed by atoms with Crippen molar-refractivity contribution >= 4 is 17.4 Å². The van der Waals surface area contributed by atoms with Crippen LogP contribution in [0.1, 0.15) is 5.56 Å². The Hall–Kier alpha value is -1.75. The number of aromatic nitrogens is 1. The van der Waals surface area contributed by atoms with Gasteiger partial charge < -0.3 is 0 Å². The lowest BCUT2D eigenvalue weighted by molar-refractivity contribution is 0.628. The van der Waals surface area contributed by atoms with E-state index >= 15 is 0 Å². The minimum Gasteiger partial charge on any atom is -0.282 e. The summed E-state index contributed by atoms with van der Waals surface area (Å²) in [6.07, 6.45) is 1.77. The van der Waals surface area contributed by atoms with Gasteiger partial charge in [-0.1, -0.05) is 23.5 Å². The second-order valence-corrected chi connectivity index (χ2v) is 4.79. The maximum atomic E-state index is 12.7. The second kappa shape index (κ2) is 3.92. The summed E-state index contributed by atoms with van der Waals surface area (Å²) in [4.78, 5) is 17.0. The fourth-order valence-corrected chi connectivity index (χ4v) is 2.81. The van der Waals surface area contributed by atoms with Crippen molar-refractivity contribution in [3.05, 3.63) is 55.3 Å². The van der Waals surface area contributed by atoms with Crippen molar-refractivity contribution in [1.29, 1.82) is 0 Å². The van der Waals surface area contributed by atoms with E-state index in [0.717, 1.165) is 10.4 Å². The first-order valence-corrected chi connectivity index (χ1v) is 6.07. The van der Waals surface area contributed by atoms with E-state index in [0.29, 0.717) is 17.6 Å². The molecule has 0 atom stereocenters. The third kappa shape index (κ3) is 1.82. The molecule has 17 heavy (non-hydrogen) atoms. The zero-order valence-electron chi connectivity index (χ0n) is 8.89. The predicted octanol–water partition coefficient (Wildman–Crippen LogP) is 0.511. The van der Waals surface area contributed by atoms with Gasteiger partial charge in [0.2, 0.25) is 0 Å². The molecule has 0 N–H and O–H groups in total. The molecule has 1 aliphatic rings. The van der Waals surface area contributed by atoms with Crippen LogP contribution >= 0.6 is 11.3 Å². The molecule has 0 radical (unpaired) electrons. The fraction of sp³-hybridized carbons (Fsp3) is 0.167. The van der Waals surface area contributed by atoms with Crippen molar-refractivity contribution in [1.82, 2.24) is 4.57 Å². The Morgan fingerprint density at radius 1 is 1.35 bits per heavy atom. The highest BCUT2D eigenvalue weighted by Gasteiger charge is 2.09. The Morgan fingerprint density at radius 3 is 2.82 bits per heavy atom. The minimum atomic E-state index is -0.275. The van der Waals surface area contributed by atoms with Crippen LogP contribution < -0.4 is 14.9 Å². The number of halogens is 1. The van der Waals surface area contributed by atoms with Gasteiger partial charge >= 0.3 is 0 Å². The molecule has 5 heteroatoms. The lowest BCUT2D eigenvalue weighted by atomic mass is 10.2. The van der Waals surface area contributed by atoms with Crippen molar-refractivity contribution in [3.63, 3.8) is 0 Å². The molecule has 0 aliphatic carbocycles. The van der Waals surface area contributed by atoms with Crippen LogP contribution in [0.3, 0.4) is 0 Å². The number of thiazole rings is 1. The normalized spacial score (nSPS) is 14.8. The lowest BCUT2D eigenvalue weighted by Crippen LogP contribution is -2.29. The summed E-state index contributed by atoms with van der Waals surface area (Å²) in [7, 11) is 0. The van der Waals surface area contributed by atoms with Crippen LogP contribution in [0, 0.1) is 5.82 Å². The van der Waals surface area contributed by atoms with Gasteiger partial charge in [0, 0.05) is 6.54 Å². The molecule has 3 rings (SSSR count). The van der Waals surface area contributed by atoms with E-state index in [1.807, 2.05) is 0 Å². The van der Waals surface area contributed by atoms with Crippen LogP contribution in [-0.4, -0.2) is 11.1 Å². The van der Waals surface area contributed by atoms with Gasteiger partial charge in [-0.3, -0.25) is 14.4 Å². The van der Waals surface area contributed by atoms with Gasteiger partial charge in [-0.05, 0) is 23.8 Å². The maximum absolute atomic E-state index is 12.7. The Bertz CT molecular complexity index is 727. The summed E-state index contributed by atoms with van der Waals surface area (Å²) in [5.74, 6) is -0.275. The molecule has 86 valence electrons. The van der Waals surface area contributed by atoms with Crippen molar-refractivity contribution in [2.24, 2.45) is 4.99 Å². The van der Waals surface area contributed by atoms with Gasteiger partial charge in [0.05, 0.1) is 11.1 Å². The molecule has 0 saturated heterocycles. The van der Waals surface area contributed by atoms with Crippen LogP contribution in [0.2, 0.25) is 0 Å². The van der Waals surface area contributed by atoms with Crippen LogP contribution in [0.4, 0.5) is 4.39 Å². The third-order valence-corrected chi connectivity index (χ3v) is 3.67. The van der Waals surface area contributed by atoms with Gasteiger partial charge in [0.1, 0.15) is 5.82 Å². The molecule has 0 fully saturated rings. The predicted molar refractivity (Wildman–Crippen MR) is 64.2 cm³/mol. The number of nitrogens with zero attached hydrogens (tertiary/aromatic N) is 2. The average molecular weight is 248 g/mol. The van der Waals surface area contributed by atoms with E-state index in [4.69, 9.17) is 0 Å². The van der Waals surface area contributed by atoms with Gasteiger partial charge in [-0.25, -0.2) is 4.39 Å². The maximum Gasteiger partial charge on any atom is 0.270 e. The minimum absolute atomic E-state index is 0.00410. The summed E-state index contributed by atoms with van der Waals surface area (Å²) in [6.45, 7) is 1.36. The average Bonchev–Trinajstić information content (AvgIpc) is 2.87. The molecular formula is C12H9FN2OS. The Balaban J connectivity index is 2.17. The number of hydrogen-bond acceptors (Lipinski definition) is 3. The van der Waals surface area contributed by atoms with E-state index in [1.54, 1.807) is 22.8 Å². The first-order valence-electron chi connectivity index (χ1n) is 5.25. The van der Waals surface area contributed by atoms with E-state index in [2.05, 4.69) is 4.99 Å². The van der Waals surface area contributed by atoms with Gasteiger partial charge in [0.15, 0.2) is 4.80 Å². The molecule has 1 aliphatic heterocycles. The zero-order valence-corrected chi connectivity index (χ0v) is 9.71. The van der Waals surface area contributed by atoms with Crippen LogP contribution in [0.5, 0.6) is 0 Å². The summed E-state index contributed by atoms with van der Waals surface area (Å²) in [5.41, 5.74) is 0.819. The molecule has 2 aromatic rings. The highest BCUT2D eigenvalue weighted by atomic mass is 32.1. The van der Waals surface area contributed by atoms with Gasteiger partial charge in [-0.2, -0.15) is 0 Å². The molecule has 0 saturated carbocycles. The largest absolute Gasteiger partial charge is 0.282 e. The second-order valence-electron chi connectivity index (χ2n) is 3.78. The molecule has 0 spiro atoms. The smallest absolute Gasteiger partial charge is 0.270 e. The SMILES string of the molecule is O=c1/c(=C\c2ccc(F)cc2)sc2n1CCN=2. The molecule has 1 aromatic heterocycles. The summed E-state index contributed by atoms with van der Waals surface area (Å²) in [5, 5.41) is 0. The van der Waals surface area contributed by atoms with Crippen molar-refractivity contribution in [2.45, 2.75) is 6.54 Å². The summed E-state index contributed by atoms with van der Waals surface area (Å²) < 4.78 is 15.1. The molecule has 3 nitrogen and oxygen atoms in total. The van der Waals surface area contributed by atoms with Gasteiger partial charge in [-0.15, -0.1) is 0 Å². The van der Waals surface area contributed by atoms with Crippen LogP contribution in [-0.2, 0) is 6.54 Å². The first-order chi connectivity index (χ1) is 8.24. The van der Waals surface area contributed by atoms with E-state index in [9.17, 15) is 9.18 Å². The van der Waals surface area contributed by atoms with E-state index < -0.39 is 0 Å². The molecular weight excluding hydrogens is 239 g/mol. The molecule has 0 bridgehead atoms. The standard InChI is InChI=1S/C12H9FN2OS/c13-9-3-1-8(2-4-9)7-10-11(16)15-6-5-14-12(15)17-10/h1-4,7H,5-6H2/b10-7+. The summed E-state index contributed by atoms with van der Waals surface area (Å²) >= 11 is 1.38. The molecule has 1 aromatic carbocycles. The van der Waals surface area contributed by atoms with E-state index in [-0.39, 0.29) is 11.4 Å². The number of hydrogen-bond donors (Lipinski definition) is 0. The van der Waals surface area contributed by atoms with Crippen LogP contribution in [0.15, 0.2) is 34.1 Å². The van der Waals surface area contributed by atoms with E-state index in [1.165, 1.54) is 23.5 Å². The first kappa shape index (κ1) is 10.4. The molecule has 2 heterocycles. The highest BCUT2D eigenvalue weighted by molar-refractivity contribution is 7.07. The lowest BCUT2D eigenvalue weighted by Gasteiger charge is -1.91. The zero-order chi connectivity index (χ0) is 11.8. The monoisotopic (exact) mass is 248 g/mol. The fourth-order valence-electron chi connectivity index (χ4n) is 1.78. The Morgan fingerprint density at radius 2 is 2.12 bits per heavy atom. The van der Waals surface area contributed by atoms with Crippen molar-refractivity contribution in [3.8, 4) is 0 Å². The summed E-state index contributed by atoms with van der Waals surface area (Å²) in [6, 6.07) is 6.08. The Labute approximate surface area is 100 Å². The molecule has 0 unspecified atom stereocenters. The van der Waals surface area contributed by atoms with Crippen LogP contribution in [0.25, 0.3) is 6.08 Å². The van der Waals surface area contributed by atoms with Gasteiger partial charge in [0.25, 0.3) is 5.56 Å². The third-order valence-electron chi connectivity index (χ3n) is 2.63. The number of fused-ring (bicyclic) bond motifs is 1. The Kier molecular flexibility index (Phi) is 2.40. The van der Waals surface area contributed by atoms with Crippen molar-refractivity contribution in [2.75, 3.05) is 6.54 Å². The quantitative estimate of drug-likeness (QED) is 0.724. The highest BCUT2D eigenvalue weighted by Crippen LogP contribution is 2.02.